The van der Waals surface area contributed by atoms with Gasteiger partial charge in [0.05, 0.1) is 6.61 Å². The number of hydrogen-bond acceptors (Lipinski definition) is 3. The Balaban J connectivity index is 1.70. The third kappa shape index (κ3) is 4.04. The molecule has 0 aliphatic heterocycles. The number of nitrogens with one attached hydrogen (secondary N) is 2. The average molecular weight is 172 g/mol. The highest BCUT2D eigenvalue weighted by Crippen LogP contribution is 2.17. The van der Waals surface area contributed by atoms with Crippen LogP contribution in [-0.4, -0.2) is 39.4 Å². The van der Waals surface area contributed by atoms with E-state index in [0.717, 1.165) is 32.3 Å². The molecule has 1 rings (SSSR count). The molecule has 12 heavy (non-hydrogen) atoms. The molecule has 0 amide bonds. The van der Waals surface area contributed by atoms with Crippen molar-refractivity contribution in [1.29, 1.82) is 0 Å². The van der Waals surface area contributed by atoms with Crippen LogP contribution in [0.25, 0.3) is 0 Å². The minimum Gasteiger partial charge on any atom is -0.383 e. The van der Waals surface area contributed by atoms with Crippen LogP contribution in [0, 0.1) is 0 Å². The van der Waals surface area contributed by atoms with E-state index in [1.807, 2.05) is 0 Å². The van der Waals surface area contributed by atoms with Gasteiger partial charge in [0.1, 0.15) is 0 Å². The first kappa shape index (κ1) is 9.96. The van der Waals surface area contributed by atoms with Gasteiger partial charge in [0, 0.05) is 32.8 Å². The number of methoxy groups -OCH3 is 1. The molecule has 0 saturated heterocycles. The van der Waals surface area contributed by atoms with Gasteiger partial charge in [-0.05, 0) is 12.8 Å². The summed E-state index contributed by atoms with van der Waals surface area (Å²) in [5.41, 5.74) is 0. The minimum atomic E-state index is 0.809. The molecule has 72 valence electrons. The molecule has 3 heteroatoms. The van der Waals surface area contributed by atoms with E-state index >= 15 is 0 Å². The standard InChI is InChI=1S/C9H20N2O/c1-12-8-7-10-5-6-11-9-3-2-4-9/h9-11H,2-8H2,1H3. The van der Waals surface area contributed by atoms with Gasteiger partial charge in [0.15, 0.2) is 0 Å². The maximum Gasteiger partial charge on any atom is 0.0587 e. The van der Waals surface area contributed by atoms with Crippen molar-refractivity contribution in [2.45, 2.75) is 25.3 Å². The van der Waals surface area contributed by atoms with Crippen molar-refractivity contribution >= 4 is 0 Å². The van der Waals surface area contributed by atoms with Gasteiger partial charge in [-0.25, -0.2) is 0 Å². The smallest absolute Gasteiger partial charge is 0.0587 e. The fourth-order valence-corrected chi connectivity index (χ4v) is 1.28. The van der Waals surface area contributed by atoms with E-state index in [1.165, 1.54) is 19.3 Å². The quantitative estimate of drug-likeness (QED) is 0.544. The summed E-state index contributed by atoms with van der Waals surface area (Å²) in [5.74, 6) is 0. The predicted molar refractivity (Wildman–Crippen MR) is 50.4 cm³/mol. The monoisotopic (exact) mass is 172 g/mol. The Morgan fingerprint density at radius 1 is 1.25 bits per heavy atom. The van der Waals surface area contributed by atoms with Crippen LogP contribution < -0.4 is 10.6 Å². The molecular weight excluding hydrogens is 152 g/mol. The second-order valence-electron chi connectivity index (χ2n) is 3.32. The Bertz CT molecular complexity index is 105. The van der Waals surface area contributed by atoms with E-state index in [9.17, 15) is 0 Å². The molecule has 3 nitrogen and oxygen atoms in total. The molecule has 2 N–H and O–H groups in total. The largest absolute Gasteiger partial charge is 0.383 e. The lowest BCUT2D eigenvalue weighted by atomic mass is 9.93. The minimum absolute atomic E-state index is 0.809. The van der Waals surface area contributed by atoms with E-state index in [-0.39, 0.29) is 0 Å². The van der Waals surface area contributed by atoms with Crippen LogP contribution in [0.3, 0.4) is 0 Å². The summed E-state index contributed by atoms with van der Waals surface area (Å²) in [6, 6.07) is 0.814. The molecule has 0 atom stereocenters. The van der Waals surface area contributed by atoms with E-state index in [0.29, 0.717) is 0 Å². The van der Waals surface area contributed by atoms with Crippen molar-refractivity contribution in [2.75, 3.05) is 33.4 Å². The molecule has 1 fully saturated rings. The summed E-state index contributed by atoms with van der Waals surface area (Å²) in [6.07, 6.45) is 4.16. The van der Waals surface area contributed by atoms with Crippen molar-refractivity contribution < 1.29 is 4.74 Å². The molecule has 0 radical (unpaired) electrons. The van der Waals surface area contributed by atoms with E-state index in [2.05, 4.69) is 10.6 Å². The van der Waals surface area contributed by atoms with Gasteiger partial charge in [-0.2, -0.15) is 0 Å². The summed E-state index contributed by atoms with van der Waals surface area (Å²) < 4.78 is 4.92. The molecule has 0 heterocycles. The number of hydrogen-bond donors (Lipinski definition) is 2. The molecule has 0 aromatic heterocycles. The van der Waals surface area contributed by atoms with Crippen LogP contribution >= 0.6 is 0 Å². The Kier molecular flexibility index (Phi) is 5.32. The molecule has 1 aliphatic rings. The fraction of sp³-hybridized carbons (Fsp3) is 1.00. The predicted octanol–water partition coefficient (Wildman–Crippen LogP) is 0.364. The number of rotatable bonds is 7. The van der Waals surface area contributed by atoms with Gasteiger partial charge < -0.3 is 15.4 Å². The highest BCUT2D eigenvalue weighted by atomic mass is 16.5. The molecule has 0 spiro atoms. The summed E-state index contributed by atoms with van der Waals surface area (Å²) in [7, 11) is 1.73. The van der Waals surface area contributed by atoms with Crippen LogP contribution in [0.1, 0.15) is 19.3 Å². The highest BCUT2D eigenvalue weighted by molar-refractivity contribution is 4.76. The van der Waals surface area contributed by atoms with Crippen molar-refractivity contribution in [2.24, 2.45) is 0 Å². The van der Waals surface area contributed by atoms with Crippen molar-refractivity contribution in [3.8, 4) is 0 Å². The molecule has 0 aromatic rings. The van der Waals surface area contributed by atoms with Crippen LogP contribution in [0.2, 0.25) is 0 Å². The lowest BCUT2D eigenvalue weighted by molar-refractivity contribution is 0.199. The lowest BCUT2D eigenvalue weighted by Crippen LogP contribution is -2.39. The zero-order chi connectivity index (χ0) is 8.65. The van der Waals surface area contributed by atoms with Gasteiger partial charge in [-0.15, -0.1) is 0 Å². The maximum absolute atomic E-state index is 4.92. The van der Waals surface area contributed by atoms with E-state index in [4.69, 9.17) is 4.74 Å². The third-order valence-corrected chi connectivity index (χ3v) is 2.32. The SMILES string of the molecule is COCCNCCNC1CCC1. The zero-order valence-electron chi connectivity index (χ0n) is 7.94. The number of ether oxygens (including phenoxy) is 1. The molecule has 1 saturated carbocycles. The van der Waals surface area contributed by atoms with Gasteiger partial charge in [0.25, 0.3) is 0 Å². The van der Waals surface area contributed by atoms with Gasteiger partial charge >= 0.3 is 0 Å². The van der Waals surface area contributed by atoms with Gasteiger partial charge in [0.2, 0.25) is 0 Å². The van der Waals surface area contributed by atoms with E-state index in [1.54, 1.807) is 7.11 Å². The van der Waals surface area contributed by atoms with Crippen LogP contribution in [0.15, 0.2) is 0 Å². The summed E-state index contributed by atoms with van der Waals surface area (Å²) in [5, 5.41) is 6.80. The summed E-state index contributed by atoms with van der Waals surface area (Å²) in [6.45, 7) is 3.92. The molecule has 0 aromatic carbocycles. The Morgan fingerprint density at radius 2 is 2.08 bits per heavy atom. The fourth-order valence-electron chi connectivity index (χ4n) is 1.28. The zero-order valence-corrected chi connectivity index (χ0v) is 7.94. The van der Waals surface area contributed by atoms with Crippen LogP contribution in [0.5, 0.6) is 0 Å². The highest BCUT2D eigenvalue weighted by Gasteiger charge is 2.15. The second-order valence-corrected chi connectivity index (χ2v) is 3.32. The molecular formula is C9H20N2O. The summed E-state index contributed by atoms with van der Waals surface area (Å²) >= 11 is 0. The van der Waals surface area contributed by atoms with E-state index < -0.39 is 0 Å². The molecule has 0 bridgehead atoms. The van der Waals surface area contributed by atoms with Crippen molar-refractivity contribution in [3.63, 3.8) is 0 Å². The first-order chi connectivity index (χ1) is 5.93. The second kappa shape index (κ2) is 6.40. The Morgan fingerprint density at radius 3 is 2.67 bits per heavy atom. The first-order valence-electron chi connectivity index (χ1n) is 4.86. The first-order valence-corrected chi connectivity index (χ1v) is 4.86. The average Bonchev–Trinajstić information content (AvgIpc) is 2.00. The molecule has 0 unspecified atom stereocenters. The van der Waals surface area contributed by atoms with Crippen molar-refractivity contribution in [3.05, 3.63) is 0 Å². The Labute approximate surface area is 74.9 Å². The maximum atomic E-state index is 4.92. The third-order valence-electron chi connectivity index (χ3n) is 2.32. The van der Waals surface area contributed by atoms with Gasteiger partial charge in [-0.1, -0.05) is 6.42 Å². The van der Waals surface area contributed by atoms with Crippen LogP contribution in [-0.2, 0) is 4.74 Å². The van der Waals surface area contributed by atoms with Crippen molar-refractivity contribution in [1.82, 2.24) is 10.6 Å². The lowest BCUT2D eigenvalue weighted by Gasteiger charge is -2.26. The normalized spacial score (nSPS) is 17.8. The topological polar surface area (TPSA) is 33.3 Å². The van der Waals surface area contributed by atoms with Crippen LogP contribution in [0.4, 0.5) is 0 Å². The molecule has 1 aliphatic carbocycles. The summed E-state index contributed by atoms with van der Waals surface area (Å²) in [4.78, 5) is 0. The Hall–Kier alpha value is -0.120. The van der Waals surface area contributed by atoms with Gasteiger partial charge in [-0.3, -0.25) is 0 Å².